The molecule has 0 aliphatic heterocycles. The highest BCUT2D eigenvalue weighted by atomic mass is 16.3. The third-order valence-corrected chi connectivity index (χ3v) is 7.12. The van der Waals surface area contributed by atoms with Gasteiger partial charge in [-0.05, 0) is 64.4 Å². The summed E-state index contributed by atoms with van der Waals surface area (Å²) in [7, 11) is 0. The van der Waals surface area contributed by atoms with Crippen LogP contribution in [-0.4, -0.2) is 15.1 Å². The molecular weight excluding hydrogens is 480 g/mol. The predicted octanol–water partition coefficient (Wildman–Crippen LogP) is 8.82. The van der Waals surface area contributed by atoms with Gasteiger partial charge in [-0.3, -0.25) is 4.98 Å². The van der Waals surface area contributed by atoms with Gasteiger partial charge in [0.25, 0.3) is 0 Å². The monoisotopic (exact) mass is 510 g/mol. The van der Waals surface area contributed by atoms with Crippen LogP contribution in [0.4, 0.5) is 0 Å². The molecule has 192 valence electrons. The molecule has 6 rings (SSSR count). The molecule has 2 aromatic heterocycles. The van der Waals surface area contributed by atoms with Crippen LogP contribution in [0.2, 0.25) is 0 Å². The molecule has 6 aromatic rings. The van der Waals surface area contributed by atoms with E-state index in [9.17, 15) is 5.11 Å². The summed E-state index contributed by atoms with van der Waals surface area (Å²) >= 11 is 0. The first-order valence-corrected chi connectivity index (χ1v) is 13.2. The zero-order chi connectivity index (χ0) is 27.0. The number of rotatable bonds is 5. The van der Waals surface area contributed by atoms with Gasteiger partial charge in [0.05, 0.1) is 11.3 Å². The minimum atomic E-state index is 0.0355. The first kappa shape index (κ1) is 24.6. The molecule has 4 nitrogen and oxygen atoms in total. The minimum Gasteiger partial charge on any atom is -0.507 e. The highest BCUT2D eigenvalue weighted by Crippen LogP contribution is 2.37. The standard InChI is InChI=1S/C35H30N2O2/c1-35(2,3)26-18-19-30(36-22-26)29-21-25(17-16-24(29)20-23-10-5-4-6-11-23)27-13-9-15-32-33(27)37-34(39-32)28-12-7-8-14-31(28)38/h4-19,21-22,38H,20H2,1-3H3. The first-order valence-electron chi connectivity index (χ1n) is 13.2. The molecule has 0 unspecified atom stereocenters. The van der Waals surface area contributed by atoms with E-state index in [1.165, 1.54) is 16.7 Å². The van der Waals surface area contributed by atoms with Crippen LogP contribution < -0.4 is 0 Å². The number of hydrogen-bond acceptors (Lipinski definition) is 4. The second-order valence-electron chi connectivity index (χ2n) is 10.9. The number of fused-ring (bicyclic) bond motifs is 1. The van der Waals surface area contributed by atoms with E-state index >= 15 is 0 Å². The fourth-order valence-electron chi connectivity index (χ4n) is 4.90. The largest absolute Gasteiger partial charge is 0.507 e. The van der Waals surface area contributed by atoms with Crippen LogP contribution in [0.5, 0.6) is 5.75 Å². The summed E-state index contributed by atoms with van der Waals surface area (Å²) < 4.78 is 6.08. The van der Waals surface area contributed by atoms with E-state index < -0.39 is 0 Å². The number of pyridine rings is 1. The Bertz CT molecular complexity index is 1760. The van der Waals surface area contributed by atoms with Crippen molar-refractivity contribution < 1.29 is 9.52 Å². The first-order chi connectivity index (χ1) is 18.9. The van der Waals surface area contributed by atoms with Gasteiger partial charge in [0.15, 0.2) is 5.58 Å². The van der Waals surface area contributed by atoms with Gasteiger partial charge in [-0.25, -0.2) is 4.98 Å². The number of benzene rings is 4. The summed E-state index contributed by atoms with van der Waals surface area (Å²) in [5.74, 6) is 0.541. The summed E-state index contributed by atoms with van der Waals surface area (Å²) in [6.07, 6.45) is 2.80. The molecule has 4 aromatic carbocycles. The van der Waals surface area contributed by atoms with Crippen molar-refractivity contribution in [1.82, 2.24) is 9.97 Å². The highest BCUT2D eigenvalue weighted by molar-refractivity contribution is 5.93. The SMILES string of the molecule is CC(C)(C)c1ccc(-c2cc(-c3cccc4oc(-c5ccccc5O)nc34)ccc2Cc2ccccc2)nc1. The second kappa shape index (κ2) is 9.88. The fourth-order valence-corrected chi connectivity index (χ4v) is 4.90. The number of oxazole rings is 1. The van der Waals surface area contributed by atoms with Gasteiger partial charge >= 0.3 is 0 Å². The summed E-state index contributed by atoms with van der Waals surface area (Å²) in [6.45, 7) is 6.60. The molecule has 0 saturated carbocycles. The van der Waals surface area contributed by atoms with Gasteiger partial charge in [0, 0.05) is 17.3 Å². The summed E-state index contributed by atoms with van der Waals surface area (Å²) in [5.41, 5.74) is 9.75. The Morgan fingerprint density at radius 2 is 1.51 bits per heavy atom. The number of hydrogen-bond donors (Lipinski definition) is 1. The molecule has 0 spiro atoms. The maximum absolute atomic E-state index is 10.4. The molecule has 0 aliphatic rings. The third-order valence-electron chi connectivity index (χ3n) is 7.12. The van der Waals surface area contributed by atoms with E-state index in [1.54, 1.807) is 12.1 Å². The van der Waals surface area contributed by atoms with Crippen LogP contribution in [0.15, 0.2) is 114 Å². The van der Waals surface area contributed by atoms with Crippen molar-refractivity contribution in [2.24, 2.45) is 0 Å². The number of para-hydroxylation sites is 2. The highest BCUT2D eigenvalue weighted by Gasteiger charge is 2.18. The molecule has 0 bridgehead atoms. The Morgan fingerprint density at radius 1 is 0.744 bits per heavy atom. The Morgan fingerprint density at radius 3 is 2.26 bits per heavy atom. The summed E-state index contributed by atoms with van der Waals surface area (Å²) in [6, 6.07) is 34.4. The van der Waals surface area contributed by atoms with Crippen molar-refractivity contribution in [1.29, 1.82) is 0 Å². The molecular formula is C35H30N2O2. The normalized spacial score (nSPS) is 11.7. The van der Waals surface area contributed by atoms with Crippen LogP contribution in [0.1, 0.15) is 37.5 Å². The van der Waals surface area contributed by atoms with Crippen molar-refractivity contribution in [3.63, 3.8) is 0 Å². The Balaban J connectivity index is 1.48. The molecule has 0 aliphatic carbocycles. The van der Waals surface area contributed by atoms with Crippen molar-refractivity contribution in [2.45, 2.75) is 32.6 Å². The van der Waals surface area contributed by atoms with Crippen LogP contribution in [0.3, 0.4) is 0 Å². The predicted molar refractivity (Wildman–Crippen MR) is 158 cm³/mol. The van der Waals surface area contributed by atoms with E-state index in [-0.39, 0.29) is 11.2 Å². The molecule has 2 heterocycles. The molecule has 0 amide bonds. The number of phenolic OH excluding ortho intramolecular Hbond substituents is 1. The van der Waals surface area contributed by atoms with Crippen molar-refractivity contribution >= 4 is 11.1 Å². The zero-order valence-corrected chi connectivity index (χ0v) is 22.3. The van der Waals surface area contributed by atoms with Gasteiger partial charge in [-0.1, -0.05) is 93.6 Å². The van der Waals surface area contributed by atoms with Crippen molar-refractivity contribution in [2.75, 3.05) is 0 Å². The van der Waals surface area contributed by atoms with E-state index in [1.807, 2.05) is 36.5 Å². The van der Waals surface area contributed by atoms with E-state index in [0.717, 1.165) is 34.3 Å². The summed E-state index contributed by atoms with van der Waals surface area (Å²) in [4.78, 5) is 9.72. The topological polar surface area (TPSA) is 59.2 Å². The van der Waals surface area contributed by atoms with E-state index in [2.05, 4.69) is 81.4 Å². The molecule has 39 heavy (non-hydrogen) atoms. The lowest BCUT2D eigenvalue weighted by Gasteiger charge is -2.19. The minimum absolute atomic E-state index is 0.0355. The summed E-state index contributed by atoms with van der Waals surface area (Å²) in [5, 5.41) is 10.4. The van der Waals surface area contributed by atoms with Crippen LogP contribution >= 0.6 is 0 Å². The maximum Gasteiger partial charge on any atom is 0.231 e. The lowest BCUT2D eigenvalue weighted by molar-refractivity contribution is 0.474. The van der Waals surface area contributed by atoms with Gasteiger partial charge in [-0.15, -0.1) is 0 Å². The number of aromatic nitrogens is 2. The number of aromatic hydroxyl groups is 1. The van der Waals surface area contributed by atoms with Crippen LogP contribution in [0.25, 0.3) is 44.9 Å². The molecule has 4 heteroatoms. The van der Waals surface area contributed by atoms with Gasteiger partial charge in [0.2, 0.25) is 5.89 Å². The van der Waals surface area contributed by atoms with Crippen molar-refractivity contribution in [3.05, 3.63) is 126 Å². The smallest absolute Gasteiger partial charge is 0.231 e. The Kier molecular flexibility index (Phi) is 6.24. The van der Waals surface area contributed by atoms with Crippen molar-refractivity contribution in [3.8, 4) is 39.6 Å². The zero-order valence-electron chi connectivity index (χ0n) is 22.3. The quantitative estimate of drug-likeness (QED) is 0.252. The lowest BCUT2D eigenvalue weighted by atomic mass is 9.87. The van der Waals surface area contributed by atoms with Gasteiger partial charge in [0.1, 0.15) is 11.3 Å². The molecule has 0 saturated heterocycles. The van der Waals surface area contributed by atoms with Crippen LogP contribution in [-0.2, 0) is 11.8 Å². The number of phenols is 1. The lowest BCUT2D eigenvalue weighted by Crippen LogP contribution is -2.11. The Hall–Kier alpha value is -4.70. The number of nitrogens with zero attached hydrogens (tertiary/aromatic N) is 2. The van der Waals surface area contributed by atoms with Crippen LogP contribution in [0, 0.1) is 0 Å². The average Bonchev–Trinajstić information content (AvgIpc) is 3.38. The van der Waals surface area contributed by atoms with Gasteiger partial charge in [-0.2, -0.15) is 0 Å². The van der Waals surface area contributed by atoms with E-state index in [4.69, 9.17) is 14.4 Å². The van der Waals surface area contributed by atoms with E-state index in [0.29, 0.717) is 17.0 Å². The Labute approximate surface area is 228 Å². The third kappa shape index (κ3) is 4.94. The maximum atomic E-state index is 10.4. The molecule has 0 fully saturated rings. The fraction of sp³-hybridized carbons (Fsp3) is 0.143. The second-order valence-corrected chi connectivity index (χ2v) is 10.9. The molecule has 1 N–H and O–H groups in total. The average molecular weight is 511 g/mol. The molecule has 0 radical (unpaired) electrons. The van der Waals surface area contributed by atoms with Gasteiger partial charge < -0.3 is 9.52 Å². The molecule has 0 atom stereocenters.